The first-order chi connectivity index (χ1) is 12.0. The Kier molecular flexibility index (Phi) is 4.12. The second kappa shape index (κ2) is 6.40. The molecule has 0 bridgehead atoms. The molecule has 0 aliphatic carbocycles. The molecule has 1 aromatic heterocycles. The van der Waals surface area contributed by atoms with Gasteiger partial charge in [-0.3, -0.25) is 20.2 Å². The lowest BCUT2D eigenvalue weighted by Gasteiger charge is -2.02. The van der Waals surface area contributed by atoms with Gasteiger partial charge in [0, 0.05) is 12.1 Å². The number of nitrogens with zero attached hydrogens (tertiary/aromatic N) is 3. The summed E-state index contributed by atoms with van der Waals surface area (Å²) in [6.45, 7) is 0. The van der Waals surface area contributed by atoms with E-state index in [4.69, 9.17) is 9.26 Å². The van der Waals surface area contributed by atoms with Crippen LogP contribution in [0.3, 0.4) is 0 Å². The number of nitro benzene ring substituents is 2. The van der Waals surface area contributed by atoms with Gasteiger partial charge in [-0.05, 0) is 18.2 Å². The molecule has 3 aromatic rings. The lowest BCUT2D eigenvalue weighted by Crippen LogP contribution is -1.93. The molecule has 0 N–H and O–H groups in total. The zero-order valence-electron chi connectivity index (χ0n) is 12.9. The van der Waals surface area contributed by atoms with Crippen LogP contribution in [0.4, 0.5) is 11.4 Å². The summed E-state index contributed by atoms with van der Waals surface area (Å²) in [6, 6.07) is 11.8. The lowest BCUT2D eigenvalue weighted by molar-refractivity contribution is -0.384. The van der Waals surface area contributed by atoms with Gasteiger partial charge in [0.05, 0.1) is 34.1 Å². The van der Waals surface area contributed by atoms with Crippen LogP contribution in [0, 0.1) is 20.2 Å². The van der Waals surface area contributed by atoms with Gasteiger partial charge in [0.15, 0.2) is 5.76 Å². The number of nitro groups is 2. The Balaban J connectivity index is 2.09. The molecule has 0 unspecified atom stereocenters. The van der Waals surface area contributed by atoms with E-state index in [1.807, 2.05) is 0 Å². The van der Waals surface area contributed by atoms with Gasteiger partial charge in [-0.1, -0.05) is 17.3 Å². The van der Waals surface area contributed by atoms with Gasteiger partial charge in [0.2, 0.25) is 0 Å². The smallest absolute Gasteiger partial charge is 0.284 e. The molecule has 0 saturated heterocycles. The number of para-hydroxylation sites is 1. The Hall–Kier alpha value is -3.75. The van der Waals surface area contributed by atoms with E-state index in [1.54, 1.807) is 12.1 Å². The molecule has 0 aliphatic rings. The average Bonchev–Trinajstić information content (AvgIpc) is 3.10. The minimum absolute atomic E-state index is 0.127. The predicted molar refractivity (Wildman–Crippen MR) is 87.2 cm³/mol. The summed E-state index contributed by atoms with van der Waals surface area (Å²) in [7, 11) is 1.40. The minimum atomic E-state index is -0.564. The number of hydrogen-bond donors (Lipinski definition) is 0. The molecule has 9 nitrogen and oxygen atoms in total. The van der Waals surface area contributed by atoms with E-state index in [0.29, 0.717) is 5.75 Å². The Morgan fingerprint density at radius 1 is 0.960 bits per heavy atom. The SMILES string of the molecule is COc1ccc(-c2cc(-c3ccccc3[N+](=O)[O-])no2)c([N+](=O)[O-])c1. The van der Waals surface area contributed by atoms with E-state index < -0.39 is 9.85 Å². The third kappa shape index (κ3) is 3.02. The Bertz CT molecular complexity index is 966. The standard InChI is InChI=1S/C16H11N3O6/c1-24-10-6-7-12(15(8-10)19(22)23)16-9-13(17-25-16)11-4-2-3-5-14(11)18(20)21/h2-9H,1H3. The molecule has 1 heterocycles. The summed E-state index contributed by atoms with van der Waals surface area (Å²) >= 11 is 0. The fourth-order valence-electron chi connectivity index (χ4n) is 2.38. The van der Waals surface area contributed by atoms with Crippen molar-refractivity contribution in [2.24, 2.45) is 0 Å². The Morgan fingerprint density at radius 3 is 2.36 bits per heavy atom. The van der Waals surface area contributed by atoms with Crippen LogP contribution in [-0.2, 0) is 0 Å². The number of ether oxygens (including phenoxy) is 1. The van der Waals surface area contributed by atoms with Crippen molar-refractivity contribution in [3.05, 3.63) is 68.8 Å². The van der Waals surface area contributed by atoms with Crippen molar-refractivity contribution in [2.75, 3.05) is 7.11 Å². The van der Waals surface area contributed by atoms with Crippen molar-refractivity contribution >= 4 is 11.4 Å². The number of hydrogen-bond acceptors (Lipinski definition) is 7. The second-order valence-corrected chi connectivity index (χ2v) is 4.99. The molecule has 0 aliphatic heterocycles. The molecule has 0 atom stereocenters. The first-order valence-electron chi connectivity index (χ1n) is 7.04. The average molecular weight is 341 g/mol. The number of rotatable bonds is 5. The highest BCUT2D eigenvalue weighted by Gasteiger charge is 2.23. The molecule has 25 heavy (non-hydrogen) atoms. The number of aromatic nitrogens is 1. The van der Waals surface area contributed by atoms with Crippen LogP contribution >= 0.6 is 0 Å². The van der Waals surface area contributed by atoms with E-state index >= 15 is 0 Å². The molecule has 0 fully saturated rings. The molecule has 9 heteroatoms. The van der Waals surface area contributed by atoms with Crippen LogP contribution in [0.5, 0.6) is 5.75 Å². The molecule has 126 valence electrons. The van der Waals surface area contributed by atoms with Crippen LogP contribution in [-0.4, -0.2) is 22.1 Å². The Morgan fingerprint density at radius 2 is 1.68 bits per heavy atom. The minimum Gasteiger partial charge on any atom is -0.497 e. The van der Waals surface area contributed by atoms with E-state index in [9.17, 15) is 20.2 Å². The normalized spacial score (nSPS) is 10.4. The molecule has 2 aromatic carbocycles. The van der Waals surface area contributed by atoms with Crippen LogP contribution in [0.15, 0.2) is 53.1 Å². The first kappa shape index (κ1) is 16.1. The zero-order chi connectivity index (χ0) is 18.0. The molecular formula is C16H11N3O6. The summed E-state index contributed by atoms with van der Waals surface area (Å²) in [5, 5.41) is 26.2. The van der Waals surface area contributed by atoms with E-state index in [-0.39, 0.29) is 34.0 Å². The summed E-state index contributed by atoms with van der Waals surface area (Å²) in [6.07, 6.45) is 0. The summed E-state index contributed by atoms with van der Waals surface area (Å²) in [5.41, 5.74) is 0.324. The van der Waals surface area contributed by atoms with Gasteiger partial charge < -0.3 is 9.26 Å². The maximum absolute atomic E-state index is 11.3. The highest BCUT2D eigenvalue weighted by atomic mass is 16.6. The van der Waals surface area contributed by atoms with Crippen LogP contribution < -0.4 is 4.74 Å². The van der Waals surface area contributed by atoms with Crippen LogP contribution in [0.1, 0.15) is 0 Å². The molecule has 3 rings (SSSR count). The van der Waals surface area contributed by atoms with Crippen molar-refractivity contribution in [1.29, 1.82) is 0 Å². The lowest BCUT2D eigenvalue weighted by atomic mass is 10.1. The van der Waals surface area contributed by atoms with Crippen molar-refractivity contribution in [3.8, 4) is 28.3 Å². The fourth-order valence-corrected chi connectivity index (χ4v) is 2.38. The second-order valence-electron chi connectivity index (χ2n) is 4.99. The van der Waals surface area contributed by atoms with Gasteiger partial charge >= 0.3 is 0 Å². The molecule has 0 radical (unpaired) electrons. The largest absolute Gasteiger partial charge is 0.497 e. The van der Waals surface area contributed by atoms with Gasteiger partial charge in [-0.25, -0.2) is 0 Å². The van der Waals surface area contributed by atoms with Gasteiger partial charge in [0.1, 0.15) is 11.4 Å². The molecule has 0 saturated carbocycles. The molecular weight excluding hydrogens is 330 g/mol. The topological polar surface area (TPSA) is 122 Å². The van der Waals surface area contributed by atoms with Crippen molar-refractivity contribution < 1.29 is 19.1 Å². The Labute approximate surface area is 140 Å². The van der Waals surface area contributed by atoms with E-state index in [1.165, 1.54) is 43.5 Å². The number of benzene rings is 2. The molecule has 0 amide bonds. The highest BCUT2D eigenvalue weighted by Crippen LogP contribution is 2.36. The maximum atomic E-state index is 11.3. The highest BCUT2D eigenvalue weighted by molar-refractivity contribution is 5.77. The monoisotopic (exact) mass is 341 g/mol. The van der Waals surface area contributed by atoms with E-state index in [2.05, 4.69) is 5.16 Å². The third-order valence-electron chi connectivity index (χ3n) is 3.55. The first-order valence-corrected chi connectivity index (χ1v) is 7.04. The quantitative estimate of drug-likeness (QED) is 0.510. The fraction of sp³-hybridized carbons (Fsp3) is 0.0625. The maximum Gasteiger partial charge on any atom is 0.284 e. The summed E-state index contributed by atoms with van der Waals surface area (Å²) < 4.78 is 10.2. The van der Waals surface area contributed by atoms with Crippen molar-refractivity contribution in [1.82, 2.24) is 5.16 Å². The third-order valence-corrected chi connectivity index (χ3v) is 3.55. The van der Waals surface area contributed by atoms with Gasteiger partial charge in [-0.15, -0.1) is 0 Å². The number of methoxy groups -OCH3 is 1. The van der Waals surface area contributed by atoms with Crippen LogP contribution in [0.2, 0.25) is 0 Å². The van der Waals surface area contributed by atoms with E-state index in [0.717, 1.165) is 0 Å². The van der Waals surface area contributed by atoms with Gasteiger partial charge in [0.25, 0.3) is 11.4 Å². The van der Waals surface area contributed by atoms with Crippen LogP contribution in [0.25, 0.3) is 22.6 Å². The summed E-state index contributed by atoms with van der Waals surface area (Å²) in [5.74, 6) is 0.455. The zero-order valence-corrected chi connectivity index (χ0v) is 12.9. The van der Waals surface area contributed by atoms with Gasteiger partial charge in [-0.2, -0.15) is 0 Å². The van der Waals surface area contributed by atoms with Crippen molar-refractivity contribution in [2.45, 2.75) is 0 Å². The predicted octanol–water partition coefficient (Wildman–Crippen LogP) is 3.83. The molecule has 0 spiro atoms. The van der Waals surface area contributed by atoms with Crippen molar-refractivity contribution in [3.63, 3.8) is 0 Å². The summed E-state index contributed by atoms with van der Waals surface area (Å²) in [4.78, 5) is 21.3.